The number of hydrogen-bond acceptors (Lipinski definition) is 4. The fourth-order valence-corrected chi connectivity index (χ4v) is 1.68. The van der Waals surface area contributed by atoms with Crippen molar-refractivity contribution in [2.75, 3.05) is 19.8 Å². The molecule has 0 aromatic carbocycles. The van der Waals surface area contributed by atoms with Crippen LogP contribution in [0.15, 0.2) is 10.6 Å². The molecule has 0 radical (unpaired) electrons. The summed E-state index contributed by atoms with van der Waals surface area (Å²) in [6.07, 6.45) is 4.23. The summed E-state index contributed by atoms with van der Waals surface area (Å²) < 4.78 is 10.8. The maximum absolute atomic E-state index is 8.73. The van der Waals surface area contributed by atoms with Gasteiger partial charge in [0.05, 0.1) is 12.8 Å². The number of aliphatic hydroxyl groups is 1. The lowest BCUT2D eigenvalue weighted by molar-refractivity contribution is 0.0790. The van der Waals surface area contributed by atoms with Gasteiger partial charge in [-0.05, 0) is 12.8 Å². The molecule has 4 heteroatoms. The van der Waals surface area contributed by atoms with Crippen molar-refractivity contribution in [2.45, 2.75) is 25.2 Å². The second-order valence-corrected chi connectivity index (χ2v) is 3.53. The van der Waals surface area contributed by atoms with E-state index in [0.717, 1.165) is 37.7 Å². The third-order valence-electron chi connectivity index (χ3n) is 2.50. The number of ether oxygens (including phenoxy) is 1. The van der Waals surface area contributed by atoms with Crippen LogP contribution in [0, 0.1) is 0 Å². The van der Waals surface area contributed by atoms with Gasteiger partial charge in [-0.15, -0.1) is 0 Å². The molecule has 78 valence electrons. The van der Waals surface area contributed by atoms with Crippen LogP contribution in [0.5, 0.6) is 0 Å². The zero-order chi connectivity index (χ0) is 9.80. The molecular weight excluding hydrogens is 182 g/mol. The summed E-state index contributed by atoms with van der Waals surface area (Å²) in [5, 5.41) is 8.73. The topological polar surface area (TPSA) is 55.5 Å². The molecular formula is C10H15NO3. The molecule has 4 nitrogen and oxygen atoms in total. The molecule has 0 saturated carbocycles. The molecule has 0 spiro atoms. The van der Waals surface area contributed by atoms with Gasteiger partial charge in [0.1, 0.15) is 5.76 Å². The third-order valence-corrected chi connectivity index (χ3v) is 2.50. The fraction of sp³-hybridized carbons (Fsp3) is 0.700. The van der Waals surface area contributed by atoms with Gasteiger partial charge in [-0.3, -0.25) is 0 Å². The molecule has 1 fully saturated rings. The van der Waals surface area contributed by atoms with Gasteiger partial charge < -0.3 is 14.3 Å². The van der Waals surface area contributed by atoms with Crippen LogP contribution in [-0.2, 0) is 11.2 Å². The average Bonchev–Trinajstić information content (AvgIpc) is 2.68. The van der Waals surface area contributed by atoms with E-state index in [0.29, 0.717) is 12.3 Å². The molecule has 2 heterocycles. The molecule has 1 saturated heterocycles. The van der Waals surface area contributed by atoms with Gasteiger partial charge in [-0.1, -0.05) is 0 Å². The Morgan fingerprint density at radius 2 is 2.21 bits per heavy atom. The van der Waals surface area contributed by atoms with Crippen LogP contribution in [0.3, 0.4) is 0 Å². The first-order valence-electron chi connectivity index (χ1n) is 5.03. The standard InChI is InChI=1S/C10H15NO3/c12-4-1-9-7-11-10(14-9)8-2-5-13-6-3-8/h7-8,12H,1-6H2. The Bertz CT molecular complexity index is 279. The summed E-state index contributed by atoms with van der Waals surface area (Å²) in [5.41, 5.74) is 0. The van der Waals surface area contributed by atoms with Gasteiger partial charge in [0.15, 0.2) is 5.89 Å². The molecule has 1 aromatic heterocycles. The number of nitrogens with zero attached hydrogens (tertiary/aromatic N) is 1. The van der Waals surface area contributed by atoms with Gasteiger partial charge in [0.2, 0.25) is 0 Å². The predicted molar refractivity (Wildman–Crippen MR) is 50.1 cm³/mol. The Labute approximate surface area is 82.9 Å². The molecule has 1 aliphatic rings. The Hall–Kier alpha value is -0.870. The van der Waals surface area contributed by atoms with E-state index in [9.17, 15) is 0 Å². The number of aliphatic hydroxyl groups excluding tert-OH is 1. The van der Waals surface area contributed by atoms with Gasteiger partial charge >= 0.3 is 0 Å². The van der Waals surface area contributed by atoms with E-state index in [1.54, 1.807) is 6.20 Å². The van der Waals surface area contributed by atoms with E-state index < -0.39 is 0 Å². The molecule has 14 heavy (non-hydrogen) atoms. The predicted octanol–water partition coefficient (Wildman–Crippen LogP) is 1.10. The maximum atomic E-state index is 8.73. The minimum Gasteiger partial charge on any atom is -0.445 e. The van der Waals surface area contributed by atoms with Gasteiger partial charge in [-0.2, -0.15) is 0 Å². The summed E-state index contributed by atoms with van der Waals surface area (Å²) in [5.74, 6) is 1.97. The van der Waals surface area contributed by atoms with E-state index in [4.69, 9.17) is 14.3 Å². The average molecular weight is 197 g/mol. The SMILES string of the molecule is OCCc1cnc(C2CCOCC2)o1. The minimum absolute atomic E-state index is 0.114. The number of hydrogen-bond donors (Lipinski definition) is 1. The van der Waals surface area contributed by atoms with Crippen LogP contribution in [0.2, 0.25) is 0 Å². The van der Waals surface area contributed by atoms with Crippen LogP contribution in [0.25, 0.3) is 0 Å². The molecule has 1 aliphatic heterocycles. The van der Waals surface area contributed by atoms with E-state index in [1.165, 1.54) is 0 Å². The second kappa shape index (κ2) is 4.57. The highest BCUT2D eigenvalue weighted by atomic mass is 16.5. The van der Waals surface area contributed by atoms with E-state index >= 15 is 0 Å². The summed E-state index contributed by atoms with van der Waals surface area (Å²) >= 11 is 0. The molecule has 1 aromatic rings. The summed E-state index contributed by atoms with van der Waals surface area (Å²) in [6.45, 7) is 1.70. The number of oxazole rings is 1. The first-order chi connectivity index (χ1) is 6.90. The van der Waals surface area contributed by atoms with Gasteiger partial charge in [-0.25, -0.2) is 4.98 Å². The fourth-order valence-electron chi connectivity index (χ4n) is 1.68. The van der Waals surface area contributed by atoms with Crippen molar-refractivity contribution >= 4 is 0 Å². The van der Waals surface area contributed by atoms with Crippen LogP contribution in [0.1, 0.15) is 30.4 Å². The molecule has 1 N–H and O–H groups in total. The van der Waals surface area contributed by atoms with Crippen LogP contribution < -0.4 is 0 Å². The second-order valence-electron chi connectivity index (χ2n) is 3.53. The summed E-state index contributed by atoms with van der Waals surface area (Å²) in [4.78, 5) is 4.23. The lowest BCUT2D eigenvalue weighted by atomic mass is 10.0. The Balaban J connectivity index is 2.00. The van der Waals surface area contributed by atoms with Crippen molar-refractivity contribution in [1.82, 2.24) is 4.98 Å². The van der Waals surface area contributed by atoms with E-state index in [-0.39, 0.29) is 6.61 Å². The Kier molecular flexibility index (Phi) is 3.16. The smallest absolute Gasteiger partial charge is 0.197 e. The van der Waals surface area contributed by atoms with Crippen molar-refractivity contribution in [1.29, 1.82) is 0 Å². The third kappa shape index (κ3) is 2.13. The zero-order valence-corrected chi connectivity index (χ0v) is 8.11. The van der Waals surface area contributed by atoms with E-state index in [1.807, 2.05) is 0 Å². The van der Waals surface area contributed by atoms with Crippen molar-refractivity contribution in [3.05, 3.63) is 17.8 Å². The quantitative estimate of drug-likeness (QED) is 0.788. The molecule has 0 amide bonds. The van der Waals surface area contributed by atoms with Crippen molar-refractivity contribution < 1.29 is 14.3 Å². The largest absolute Gasteiger partial charge is 0.445 e. The zero-order valence-electron chi connectivity index (χ0n) is 8.11. The highest BCUT2D eigenvalue weighted by Gasteiger charge is 2.20. The van der Waals surface area contributed by atoms with Crippen molar-refractivity contribution in [3.63, 3.8) is 0 Å². The molecule has 0 atom stereocenters. The van der Waals surface area contributed by atoms with Crippen molar-refractivity contribution in [3.8, 4) is 0 Å². The van der Waals surface area contributed by atoms with Gasteiger partial charge in [0.25, 0.3) is 0 Å². The molecule has 0 bridgehead atoms. The van der Waals surface area contributed by atoms with Crippen LogP contribution >= 0.6 is 0 Å². The lowest BCUT2D eigenvalue weighted by Crippen LogP contribution is -2.14. The maximum Gasteiger partial charge on any atom is 0.197 e. The first-order valence-corrected chi connectivity index (χ1v) is 5.03. The van der Waals surface area contributed by atoms with Crippen LogP contribution in [0.4, 0.5) is 0 Å². The van der Waals surface area contributed by atoms with Crippen molar-refractivity contribution in [2.24, 2.45) is 0 Å². The van der Waals surface area contributed by atoms with Gasteiger partial charge in [0, 0.05) is 25.6 Å². The Morgan fingerprint density at radius 3 is 2.93 bits per heavy atom. The summed E-state index contributed by atoms with van der Waals surface area (Å²) in [6, 6.07) is 0. The molecule has 0 aliphatic carbocycles. The number of aromatic nitrogens is 1. The summed E-state index contributed by atoms with van der Waals surface area (Å²) in [7, 11) is 0. The van der Waals surface area contributed by atoms with Crippen LogP contribution in [-0.4, -0.2) is 29.9 Å². The minimum atomic E-state index is 0.114. The number of rotatable bonds is 3. The van der Waals surface area contributed by atoms with E-state index in [2.05, 4.69) is 4.98 Å². The highest BCUT2D eigenvalue weighted by molar-refractivity contribution is 4.99. The first kappa shape index (κ1) is 9.68. The molecule has 0 unspecified atom stereocenters. The highest BCUT2D eigenvalue weighted by Crippen LogP contribution is 2.26. The normalized spacial score (nSPS) is 18.6. The monoisotopic (exact) mass is 197 g/mol. The molecule has 2 rings (SSSR count). The lowest BCUT2D eigenvalue weighted by Gasteiger charge is -2.18. The Morgan fingerprint density at radius 1 is 1.43 bits per heavy atom.